The molecular formula is C8H13ClF3N3OS. The highest BCUT2D eigenvalue weighted by molar-refractivity contribution is 7.99. The fraction of sp³-hybridized carbons (Fsp3) is 0.750. The molecule has 1 N–H and O–H groups in total. The molecule has 1 atom stereocenters. The molecule has 0 amide bonds. The highest BCUT2D eigenvalue weighted by atomic mass is 35.5. The SMILES string of the molecule is CNC(C)Cc1noc(CSC(F)(F)F)n1.Cl. The number of hydrogen-bond acceptors (Lipinski definition) is 5. The van der Waals surface area contributed by atoms with Gasteiger partial charge in [0.15, 0.2) is 5.82 Å². The van der Waals surface area contributed by atoms with Crippen LogP contribution in [0.1, 0.15) is 18.6 Å². The Bertz CT molecular complexity index is 334. The summed E-state index contributed by atoms with van der Waals surface area (Å²) in [6.07, 6.45) is 0.524. The zero-order valence-corrected chi connectivity index (χ0v) is 10.9. The second kappa shape index (κ2) is 7.07. The Morgan fingerprint density at radius 2 is 2.12 bits per heavy atom. The van der Waals surface area contributed by atoms with Gasteiger partial charge in [-0.25, -0.2) is 0 Å². The number of likely N-dealkylation sites (N-methyl/N-ethyl adjacent to an activating group) is 1. The molecule has 1 unspecified atom stereocenters. The first-order valence-electron chi connectivity index (χ1n) is 4.60. The van der Waals surface area contributed by atoms with Gasteiger partial charge >= 0.3 is 5.51 Å². The van der Waals surface area contributed by atoms with Crippen molar-refractivity contribution in [1.29, 1.82) is 0 Å². The third-order valence-electron chi connectivity index (χ3n) is 1.85. The van der Waals surface area contributed by atoms with Crippen LogP contribution in [0.2, 0.25) is 0 Å². The first-order chi connectivity index (χ1) is 7.40. The van der Waals surface area contributed by atoms with Gasteiger partial charge in [-0.15, -0.1) is 12.4 Å². The van der Waals surface area contributed by atoms with Gasteiger partial charge in [0.1, 0.15) is 0 Å². The minimum Gasteiger partial charge on any atom is -0.338 e. The smallest absolute Gasteiger partial charge is 0.338 e. The van der Waals surface area contributed by atoms with Crippen molar-refractivity contribution in [2.75, 3.05) is 7.05 Å². The summed E-state index contributed by atoms with van der Waals surface area (Å²) in [5.74, 6) is 0.0741. The molecule has 17 heavy (non-hydrogen) atoms. The van der Waals surface area contributed by atoms with Gasteiger partial charge in [0, 0.05) is 12.5 Å². The fourth-order valence-corrected chi connectivity index (χ4v) is 1.36. The van der Waals surface area contributed by atoms with Crippen molar-refractivity contribution in [3.8, 4) is 0 Å². The van der Waals surface area contributed by atoms with E-state index < -0.39 is 5.51 Å². The highest BCUT2D eigenvalue weighted by Gasteiger charge is 2.29. The number of aromatic nitrogens is 2. The Balaban J connectivity index is 0.00000256. The zero-order valence-electron chi connectivity index (χ0n) is 9.24. The van der Waals surface area contributed by atoms with Crippen molar-refractivity contribution >= 4 is 24.2 Å². The number of rotatable bonds is 5. The van der Waals surface area contributed by atoms with Crippen molar-refractivity contribution in [2.45, 2.75) is 30.6 Å². The molecule has 0 saturated carbocycles. The summed E-state index contributed by atoms with van der Waals surface area (Å²) in [5, 5.41) is 6.57. The molecule has 0 spiro atoms. The third-order valence-corrected chi connectivity index (χ3v) is 2.57. The minimum atomic E-state index is -4.27. The van der Waals surface area contributed by atoms with Gasteiger partial charge in [0.25, 0.3) is 0 Å². The van der Waals surface area contributed by atoms with Gasteiger partial charge in [0.05, 0.1) is 5.75 Å². The second-order valence-corrected chi connectivity index (χ2v) is 4.27. The fourth-order valence-electron chi connectivity index (χ4n) is 0.951. The summed E-state index contributed by atoms with van der Waals surface area (Å²) in [6.45, 7) is 1.92. The number of halogens is 4. The standard InChI is InChI=1S/C8H12F3N3OS.ClH/c1-5(12-2)3-6-13-7(15-14-6)4-16-8(9,10)11;/h5,12H,3-4H2,1-2H3;1H. The quantitative estimate of drug-likeness (QED) is 0.903. The molecule has 1 aromatic heterocycles. The van der Waals surface area contributed by atoms with Crippen molar-refractivity contribution < 1.29 is 17.7 Å². The topological polar surface area (TPSA) is 51.0 Å². The summed E-state index contributed by atoms with van der Waals surface area (Å²) in [7, 11) is 1.78. The molecule has 1 heterocycles. The monoisotopic (exact) mass is 291 g/mol. The Morgan fingerprint density at radius 1 is 1.47 bits per heavy atom. The molecule has 0 radical (unpaired) electrons. The van der Waals surface area contributed by atoms with Crippen LogP contribution in [0.25, 0.3) is 0 Å². The minimum absolute atomic E-state index is 0. The Hall–Kier alpha value is -0.470. The van der Waals surface area contributed by atoms with Gasteiger partial charge in [-0.3, -0.25) is 0 Å². The Labute approximate surface area is 107 Å². The van der Waals surface area contributed by atoms with Gasteiger partial charge in [-0.05, 0) is 25.7 Å². The van der Waals surface area contributed by atoms with E-state index in [4.69, 9.17) is 4.52 Å². The molecule has 0 saturated heterocycles. The van der Waals surface area contributed by atoms with Gasteiger partial charge in [-0.1, -0.05) is 5.16 Å². The van der Waals surface area contributed by atoms with E-state index in [0.29, 0.717) is 12.2 Å². The molecule has 1 rings (SSSR count). The predicted molar refractivity (Wildman–Crippen MR) is 61.1 cm³/mol. The lowest BCUT2D eigenvalue weighted by Crippen LogP contribution is -2.24. The van der Waals surface area contributed by atoms with Gasteiger partial charge in [-0.2, -0.15) is 18.2 Å². The summed E-state index contributed by atoms with van der Waals surface area (Å²) in [5.41, 5.74) is -4.27. The van der Waals surface area contributed by atoms with Crippen molar-refractivity contribution in [3.63, 3.8) is 0 Å². The number of alkyl halides is 3. The van der Waals surface area contributed by atoms with Gasteiger partial charge in [0.2, 0.25) is 5.89 Å². The first-order valence-corrected chi connectivity index (χ1v) is 5.58. The maximum atomic E-state index is 11.9. The Kier molecular flexibility index (Phi) is 6.88. The number of thioether (sulfide) groups is 1. The van der Waals surface area contributed by atoms with Crippen LogP contribution < -0.4 is 5.32 Å². The summed E-state index contributed by atoms with van der Waals surface area (Å²) < 4.78 is 40.3. The van der Waals surface area contributed by atoms with E-state index in [1.807, 2.05) is 6.92 Å². The third kappa shape index (κ3) is 6.75. The summed E-state index contributed by atoms with van der Waals surface area (Å²) in [4.78, 5) is 3.86. The van der Waals surface area contributed by atoms with Crippen molar-refractivity contribution in [1.82, 2.24) is 15.5 Å². The molecule has 0 aliphatic carbocycles. The number of nitrogens with zero attached hydrogens (tertiary/aromatic N) is 2. The number of hydrogen-bond donors (Lipinski definition) is 1. The normalized spacial score (nSPS) is 13.2. The largest absolute Gasteiger partial charge is 0.442 e. The number of nitrogens with one attached hydrogen (secondary N) is 1. The maximum Gasteiger partial charge on any atom is 0.442 e. The summed E-state index contributed by atoms with van der Waals surface area (Å²) in [6, 6.07) is 0.153. The molecule has 0 bridgehead atoms. The molecule has 9 heteroatoms. The molecule has 4 nitrogen and oxygen atoms in total. The van der Waals surface area contributed by atoms with E-state index in [9.17, 15) is 13.2 Å². The lowest BCUT2D eigenvalue weighted by Gasteiger charge is -2.04. The molecule has 0 aliphatic heterocycles. The average molecular weight is 292 g/mol. The van der Waals surface area contributed by atoms with E-state index in [-0.39, 0.29) is 41.9 Å². The van der Waals surface area contributed by atoms with E-state index in [1.54, 1.807) is 7.05 Å². The van der Waals surface area contributed by atoms with Crippen LogP contribution >= 0.6 is 24.2 Å². The van der Waals surface area contributed by atoms with Crippen LogP contribution in [0, 0.1) is 0 Å². The maximum absolute atomic E-state index is 11.9. The van der Waals surface area contributed by atoms with E-state index >= 15 is 0 Å². The first kappa shape index (κ1) is 16.5. The van der Waals surface area contributed by atoms with Crippen LogP contribution in [-0.2, 0) is 12.2 Å². The van der Waals surface area contributed by atoms with Crippen LogP contribution in [0.4, 0.5) is 13.2 Å². The second-order valence-electron chi connectivity index (χ2n) is 3.23. The molecule has 1 aromatic rings. The van der Waals surface area contributed by atoms with E-state index in [1.165, 1.54) is 0 Å². The van der Waals surface area contributed by atoms with Crippen LogP contribution in [0.3, 0.4) is 0 Å². The van der Waals surface area contributed by atoms with Crippen molar-refractivity contribution in [2.24, 2.45) is 0 Å². The van der Waals surface area contributed by atoms with E-state index in [2.05, 4.69) is 15.5 Å². The summed E-state index contributed by atoms with van der Waals surface area (Å²) >= 11 is -0.187. The lowest BCUT2D eigenvalue weighted by atomic mass is 10.2. The van der Waals surface area contributed by atoms with Crippen molar-refractivity contribution in [3.05, 3.63) is 11.7 Å². The van der Waals surface area contributed by atoms with Crippen LogP contribution in [-0.4, -0.2) is 28.7 Å². The molecule has 0 aliphatic rings. The average Bonchev–Trinajstić information content (AvgIpc) is 2.61. The highest BCUT2D eigenvalue weighted by Crippen LogP contribution is 2.32. The molecular weight excluding hydrogens is 279 g/mol. The Morgan fingerprint density at radius 3 is 2.65 bits per heavy atom. The van der Waals surface area contributed by atoms with Gasteiger partial charge < -0.3 is 9.84 Å². The lowest BCUT2D eigenvalue weighted by molar-refractivity contribution is -0.0330. The molecule has 0 aromatic carbocycles. The van der Waals surface area contributed by atoms with E-state index in [0.717, 1.165) is 0 Å². The van der Waals surface area contributed by atoms with Crippen LogP contribution in [0.15, 0.2) is 4.52 Å². The zero-order chi connectivity index (χ0) is 12.2. The molecule has 0 fully saturated rings. The predicted octanol–water partition coefficient (Wildman–Crippen LogP) is 2.39. The molecule has 100 valence electrons. The van der Waals surface area contributed by atoms with Crippen LogP contribution in [0.5, 0.6) is 0 Å².